The fraction of sp³-hybridized carbons (Fsp3) is 0.0435. The molecule has 0 saturated carbocycles. The number of aromatic nitrogens is 2. The third kappa shape index (κ3) is 4.77. The van der Waals surface area contributed by atoms with Crippen molar-refractivity contribution in [2.24, 2.45) is 0 Å². The minimum Gasteiger partial charge on any atom is -0.319 e. The van der Waals surface area contributed by atoms with Crippen molar-refractivity contribution >= 4 is 73.3 Å². The number of hydrogen-bond donors (Lipinski definition) is 3. The summed E-state index contributed by atoms with van der Waals surface area (Å²) >= 11 is 16.3. The quantitative estimate of drug-likeness (QED) is 0.301. The van der Waals surface area contributed by atoms with E-state index in [-0.39, 0.29) is 22.0 Å². The Kier molecular flexibility index (Phi) is 6.87. The Morgan fingerprint density at radius 3 is 2.50 bits per heavy atom. The second-order valence-electron chi connectivity index (χ2n) is 7.15. The van der Waals surface area contributed by atoms with E-state index in [0.29, 0.717) is 26.1 Å². The van der Waals surface area contributed by atoms with Crippen LogP contribution in [0.2, 0.25) is 10.0 Å². The number of carbonyl (C=O) groups excluding carboxylic acids is 3. The Labute approximate surface area is 212 Å². The van der Waals surface area contributed by atoms with Gasteiger partial charge in [0.25, 0.3) is 11.8 Å². The summed E-state index contributed by atoms with van der Waals surface area (Å²) in [6.45, 7) is 1.26. The van der Waals surface area contributed by atoms with Gasteiger partial charge in [-0.2, -0.15) is 0 Å². The molecule has 0 spiro atoms. The molecule has 3 amide bonds. The third-order valence-electron chi connectivity index (χ3n) is 4.81. The van der Waals surface area contributed by atoms with Crippen LogP contribution in [0, 0.1) is 0 Å². The van der Waals surface area contributed by atoms with Gasteiger partial charge < -0.3 is 5.32 Å². The molecule has 2 heterocycles. The number of rotatable bonds is 4. The lowest BCUT2D eigenvalue weighted by Gasteiger charge is -2.16. The largest absolute Gasteiger partial charge is 0.319 e. The topological polar surface area (TPSA) is 105 Å². The minimum absolute atomic E-state index is 0.0684. The molecule has 0 bridgehead atoms. The normalized spacial score (nSPS) is 10.7. The number of amides is 3. The van der Waals surface area contributed by atoms with Gasteiger partial charge in [-0.15, -0.1) is 0 Å². The van der Waals surface area contributed by atoms with Crippen LogP contribution in [0.25, 0.3) is 16.6 Å². The summed E-state index contributed by atoms with van der Waals surface area (Å²) in [7, 11) is 0. The average Bonchev–Trinajstić information content (AvgIpc) is 3.21. The van der Waals surface area contributed by atoms with Crippen LogP contribution < -0.4 is 16.2 Å². The molecular formula is C23H16BrCl2N5O3. The molecule has 0 radical (unpaired) electrons. The van der Waals surface area contributed by atoms with Crippen LogP contribution in [-0.2, 0) is 4.79 Å². The van der Waals surface area contributed by atoms with Crippen molar-refractivity contribution in [1.29, 1.82) is 0 Å². The highest BCUT2D eigenvalue weighted by molar-refractivity contribution is 9.10. The van der Waals surface area contributed by atoms with Gasteiger partial charge in [0.1, 0.15) is 5.69 Å². The summed E-state index contributed by atoms with van der Waals surface area (Å²) in [6, 6.07) is 13.7. The number of hydrazine groups is 1. The molecule has 0 saturated heterocycles. The molecule has 2 aromatic carbocycles. The predicted octanol–water partition coefficient (Wildman–Crippen LogP) is 5.13. The fourth-order valence-electron chi connectivity index (χ4n) is 3.33. The van der Waals surface area contributed by atoms with E-state index in [1.54, 1.807) is 60.9 Å². The number of anilines is 1. The van der Waals surface area contributed by atoms with Crippen molar-refractivity contribution in [3.05, 3.63) is 86.7 Å². The lowest BCUT2D eigenvalue weighted by molar-refractivity contribution is -0.119. The summed E-state index contributed by atoms with van der Waals surface area (Å²) < 4.78 is 2.14. The summed E-state index contributed by atoms with van der Waals surface area (Å²) in [5, 5.41) is 4.59. The van der Waals surface area contributed by atoms with E-state index < -0.39 is 17.7 Å². The molecule has 0 fully saturated rings. The van der Waals surface area contributed by atoms with Gasteiger partial charge in [0.05, 0.1) is 21.3 Å². The standard InChI is InChI=1S/C23H16BrCl2N5O3/c1-12(32)29-30-22(33)16-9-13-5-2-3-6-15(13)19(26)20(16)28-23(34)18-10-14(24)11-31(18)21-17(25)7-4-8-27-21/h2-11H,1H3,(H,28,34)(H,29,32)(H,30,33). The zero-order valence-electron chi connectivity index (χ0n) is 17.5. The molecule has 4 aromatic rings. The highest BCUT2D eigenvalue weighted by Crippen LogP contribution is 2.35. The van der Waals surface area contributed by atoms with Gasteiger partial charge in [-0.3, -0.25) is 29.8 Å². The third-order valence-corrected chi connectivity index (χ3v) is 5.93. The number of benzene rings is 2. The Hall–Kier alpha value is -3.40. The highest BCUT2D eigenvalue weighted by atomic mass is 79.9. The smallest absolute Gasteiger partial charge is 0.272 e. The van der Waals surface area contributed by atoms with Gasteiger partial charge in [-0.05, 0) is 45.6 Å². The van der Waals surface area contributed by atoms with Crippen LogP contribution >= 0.6 is 39.1 Å². The van der Waals surface area contributed by atoms with Crippen LogP contribution in [0.5, 0.6) is 0 Å². The lowest BCUT2D eigenvalue weighted by atomic mass is 10.0. The number of carbonyl (C=O) groups is 3. The molecule has 0 aliphatic heterocycles. The van der Waals surface area contributed by atoms with Crippen LogP contribution in [0.4, 0.5) is 5.69 Å². The molecule has 0 aliphatic carbocycles. The van der Waals surface area contributed by atoms with Gasteiger partial charge in [0, 0.05) is 29.2 Å². The first kappa shape index (κ1) is 23.7. The molecule has 4 rings (SSSR count). The number of fused-ring (bicyclic) bond motifs is 1. The SMILES string of the molecule is CC(=O)NNC(=O)c1cc2ccccc2c(Cl)c1NC(=O)c1cc(Br)cn1-c1ncccc1Cl. The van der Waals surface area contributed by atoms with Crippen LogP contribution in [0.15, 0.2) is 65.4 Å². The minimum atomic E-state index is -0.650. The van der Waals surface area contributed by atoms with E-state index in [0.717, 1.165) is 0 Å². The molecule has 2 aromatic heterocycles. The summed E-state index contributed by atoms with van der Waals surface area (Å²) in [6.07, 6.45) is 3.21. The van der Waals surface area contributed by atoms with Gasteiger partial charge in [0.2, 0.25) is 5.91 Å². The molecule has 0 aliphatic rings. The highest BCUT2D eigenvalue weighted by Gasteiger charge is 2.23. The maximum absolute atomic E-state index is 13.4. The second-order valence-corrected chi connectivity index (χ2v) is 8.85. The average molecular weight is 561 g/mol. The van der Waals surface area contributed by atoms with Gasteiger partial charge >= 0.3 is 0 Å². The van der Waals surface area contributed by atoms with E-state index in [1.807, 2.05) is 0 Å². The predicted molar refractivity (Wildman–Crippen MR) is 134 cm³/mol. The number of hydrogen-bond acceptors (Lipinski definition) is 4. The Morgan fingerprint density at radius 1 is 1.00 bits per heavy atom. The molecule has 172 valence electrons. The van der Waals surface area contributed by atoms with Gasteiger partial charge in [-0.1, -0.05) is 47.5 Å². The maximum Gasteiger partial charge on any atom is 0.272 e. The molecule has 3 N–H and O–H groups in total. The van der Waals surface area contributed by atoms with E-state index >= 15 is 0 Å². The van der Waals surface area contributed by atoms with Crippen LogP contribution in [0.1, 0.15) is 27.8 Å². The molecule has 0 atom stereocenters. The fourth-order valence-corrected chi connectivity index (χ4v) is 4.28. The van der Waals surface area contributed by atoms with Gasteiger partial charge in [-0.25, -0.2) is 4.98 Å². The second kappa shape index (κ2) is 9.84. The Morgan fingerprint density at radius 2 is 1.76 bits per heavy atom. The zero-order chi connectivity index (χ0) is 24.4. The van der Waals surface area contributed by atoms with E-state index in [2.05, 4.69) is 37.1 Å². The lowest BCUT2D eigenvalue weighted by Crippen LogP contribution is -2.40. The van der Waals surface area contributed by atoms with Crippen molar-refractivity contribution in [2.75, 3.05) is 5.32 Å². The first-order valence-corrected chi connectivity index (χ1v) is 11.4. The summed E-state index contributed by atoms with van der Waals surface area (Å²) in [5.41, 5.74) is 4.89. The molecular weight excluding hydrogens is 545 g/mol. The summed E-state index contributed by atoms with van der Waals surface area (Å²) in [5.74, 6) is -1.31. The van der Waals surface area contributed by atoms with Gasteiger partial charge in [0.15, 0.2) is 5.82 Å². The first-order chi connectivity index (χ1) is 16.3. The van der Waals surface area contributed by atoms with Crippen molar-refractivity contribution < 1.29 is 14.4 Å². The molecule has 8 nitrogen and oxygen atoms in total. The number of halogens is 3. The maximum atomic E-state index is 13.4. The number of nitrogens with zero attached hydrogens (tertiary/aromatic N) is 2. The Bertz CT molecular complexity index is 1450. The number of pyridine rings is 1. The monoisotopic (exact) mass is 559 g/mol. The van der Waals surface area contributed by atoms with E-state index in [1.165, 1.54) is 11.5 Å². The van der Waals surface area contributed by atoms with Crippen molar-refractivity contribution in [3.8, 4) is 5.82 Å². The van der Waals surface area contributed by atoms with E-state index in [4.69, 9.17) is 23.2 Å². The molecule has 34 heavy (non-hydrogen) atoms. The van der Waals surface area contributed by atoms with Crippen LogP contribution in [0.3, 0.4) is 0 Å². The van der Waals surface area contributed by atoms with Crippen LogP contribution in [-0.4, -0.2) is 27.3 Å². The van der Waals surface area contributed by atoms with E-state index in [9.17, 15) is 14.4 Å². The Balaban J connectivity index is 1.79. The summed E-state index contributed by atoms with van der Waals surface area (Å²) in [4.78, 5) is 41.7. The molecule has 0 unspecified atom stereocenters. The van der Waals surface area contributed by atoms with Crippen molar-refractivity contribution in [1.82, 2.24) is 20.4 Å². The zero-order valence-corrected chi connectivity index (χ0v) is 20.6. The van der Waals surface area contributed by atoms with Crippen molar-refractivity contribution in [3.63, 3.8) is 0 Å². The molecule has 11 heteroatoms. The van der Waals surface area contributed by atoms with Crippen molar-refractivity contribution in [2.45, 2.75) is 6.92 Å². The number of nitrogens with one attached hydrogen (secondary N) is 3. The first-order valence-electron chi connectivity index (χ1n) is 9.84.